The highest BCUT2D eigenvalue weighted by Gasteiger charge is 2.31. The maximum Gasteiger partial charge on any atom is 0.245 e. The molecule has 12 heteroatoms. The van der Waals surface area contributed by atoms with E-state index in [0.717, 1.165) is 49.5 Å². The van der Waals surface area contributed by atoms with Crippen LogP contribution in [0.3, 0.4) is 0 Å². The average molecular weight is 461 g/mol. The molecule has 164 valence electrons. The fourth-order valence-corrected chi connectivity index (χ4v) is 6.18. The summed E-state index contributed by atoms with van der Waals surface area (Å²) in [6.45, 7) is 5.84. The summed E-state index contributed by atoms with van der Waals surface area (Å²) in [5, 5.41) is 0. The first-order valence-electron chi connectivity index (χ1n) is 10.2. The third kappa shape index (κ3) is 3.95. The van der Waals surface area contributed by atoms with Crippen LogP contribution in [0.25, 0.3) is 11.0 Å². The number of anilines is 2. The number of piperazine rings is 2. The van der Waals surface area contributed by atoms with Gasteiger partial charge in [-0.15, -0.1) is 0 Å². The van der Waals surface area contributed by atoms with E-state index in [0.29, 0.717) is 37.2 Å². The van der Waals surface area contributed by atoms with Crippen LogP contribution >= 0.6 is 11.7 Å². The molecule has 2 aliphatic rings. The van der Waals surface area contributed by atoms with E-state index in [1.165, 1.54) is 4.31 Å². The standard InChI is InChI=1S/C19H24N8O2S2/c1-24-5-7-25(8-6-24)17-13-18(21-14-20-17)26-9-11-27(12-10-26)31(28,29)16-4-2-3-15-19(16)23-30-22-15/h2-4,13-14H,5-12H2,1H3. The molecule has 0 atom stereocenters. The first-order valence-corrected chi connectivity index (χ1v) is 12.4. The first kappa shape index (κ1) is 20.5. The Labute approximate surface area is 185 Å². The molecular formula is C19H24N8O2S2. The number of hydrogen-bond acceptors (Lipinski definition) is 10. The average Bonchev–Trinajstić information content (AvgIpc) is 3.29. The Morgan fingerprint density at radius 3 is 2.19 bits per heavy atom. The topological polar surface area (TPSA) is 98.7 Å². The Hall–Kier alpha value is -2.41. The van der Waals surface area contributed by atoms with Gasteiger partial charge in [0.1, 0.15) is 33.9 Å². The quantitative estimate of drug-likeness (QED) is 0.558. The second kappa shape index (κ2) is 8.26. The van der Waals surface area contributed by atoms with Crippen molar-refractivity contribution >= 4 is 44.4 Å². The van der Waals surface area contributed by atoms with Gasteiger partial charge in [0, 0.05) is 58.4 Å². The van der Waals surface area contributed by atoms with E-state index in [-0.39, 0.29) is 4.90 Å². The molecule has 0 saturated carbocycles. The zero-order chi connectivity index (χ0) is 21.4. The minimum atomic E-state index is -3.63. The van der Waals surface area contributed by atoms with Gasteiger partial charge in [-0.1, -0.05) is 6.07 Å². The molecule has 4 heterocycles. The zero-order valence-corrected chi connectivity index (χ0v) is 18.9. The lowest BCUT2D eigenvalue weighted by atomic mass is 10.3. The maximum atomic E-state index is 13.2. The van der Waals surface area contributed by atoms with E-state index in [4.69, 9.17) is 0 Å². The van der Waals surface area contributed by atoms with Crippen molar-refractivity contribution in [3.05, 3.63) is 30.6 Å². The molecule has 0 aliphatic carbocycles. The van der Waals surface area contributed by atoms with E-state index in [1.54, 1.807) is 24.5 Å². The van der Waals surface area contributed by atoms with Crippen molar-refractivity contribution in [3.8, 4) is 0 Å². The number of nitrogens with zero attached hydrogens (tertiary/aromatic N) is 8. The smallest absolute Gasteiger partial charge is 0.245 e. The summed E-state index contributed by atoms with van der Waals surface area (Å²) in [5.74, 6) is 1.77. The molecule has 2 aliphatic heterocycles. The SMILES string of the molecule is CN1CCN(c2cc(N3CCN(S(=O)(=O)c4cccc5nsnc45)CC3)ncn2)CC1. The molecule has 5 rings (SSSR count). The summed E-state index contributed by atoms with van der Waals surface area (Å²) >= 11 is 1.03. The van der Waals surface area contributed by atoms with Crippen molar-refractivity contribution in [3.63, 3.8) is 0 Å². The summed E-state index contributed by atoms with van der Waals surface area (Å²) in [6, 6.07) is 7.12. The van der Waals surface area contributed by atoms with Crippen molar-refractivity contribution in [2.45, 2.75) is 4.90 Å². The summed E-state index contributed by atoms with van der Waals surface area (Å²) in [7, 11) is -1.50. The van der Waals surface area contributed by atoms with Gasteiger partial charge in [0.25, 0.3) is 0 Å². The predicted molar refractivity (Wildman–Crippen MR) is 120 cm³/mol. The lowest BCUT2D eigenvalue weighted by Crippen LogP contribution is -2.49. The van der Waals surface area contributed by atoms with Crippen LogP contribution in [0, 0.1) is 0 Å². The van der Waals surface area contributed by atoms with Crippen LogP contribution in [-0.2, 0) is 10.0 Å². The van der Waals surface area contributed by atoms with E-state index >= 15 is 0 Å². The van der Waals surface area contributed by atoms with Crippen molar-refractivity contribution in [1.82, 2.24) is 27.9 Å². The second-order valence-corrected chi connectivity index (χ2v) is 10.2. The fraction of sp³-hybridized carbons (Fsp3) is 0.474. The van der Waals surface area contributed by atoms with Gasteiger partial charge in [0.2, 0.25) is 10.0 Å². The van der Waals surface area contributed by atoms with Crippen molar-refractivity contribution in [1.29, 1.82) is 0 Å². The summed E-state index contributed by atoms with van der Waals surface area (Å²) in [6.07, 6.45) is 1.60. The third-order valence-electron chi connectivity index (χ3n) is 5.89. The van der Waals surface area contributed by atoms with Crippen LogP contribution < -0.4 is 9.80 Å². The van der Waals surface area contributed by atoms with Crippen molar-refractivity contribution < 1.29 is 8.42 Å². The number of likely N-dealkylation sites (N-methyl/N-ethyl adjacent to an activating group) is 1. The van der Waals surface area contributed by atoms with Gasteiger partial charge >= 0.3 is 0 Å². The van der Waals surface area contributed by atoms with Gasteiger partial charge in [0.05, 0.1) is 11.7 Å². The van der Waals surface area contributed by atoms with Gasteiger partial charge < -0.3 is 14.7 Å². The van der Waals surface area contributed by atoms with E-state index < -0.39 is 10.0 Å². The number of rotatable bonds is 4. The first-order chi connectivity index (χ1) is 15.0. The van der Waals surface area contributed by atoms with Gasteiger partial charge in [0.15, 0.2) is 0 Å². The molecular weight excluding hydrogens is 436 g/mol. The lowest BCUT2D eigenvalue weighted by molar-refractivity contribution is 0.312. The third-order valence-corrected chi connectivity index (χ3v) is 8.37. The van der Waals surface area contributed by atoms with Gasteiger partial charge in [-0.25, -0.2) is 18.4 Å². The number of sulfonamides is 1. The highest BCUT2D eigenvalue weighted by molar-refractivity contribution is 7.89. The fourth-order valence-electron chi connectivity index (χ4n) is 4.00. The molecule has 2 saturated heterocycles. The van der Waals surface area contributed by atoms with Crippen LogP contribution in [0.15, 0.2) is 35.5 Å². The summed E-state index contributed by atoms with van der Waals surface area (Å²) in [5.41, 5.74) is 1.06. The molecule has 0 radical (unpaired) electrons. The highest BCUT2D eigenvalue weighted by Crippen LogP contribution is 2.26. The maximum absolute atomic E-state index is 13.2. The molecule has 0 unspecified atom stereocenters. The van der Waals surface area contributed by atoms with Crippen LogP contribution in [0.5, 0.6) is 0 Å². The normalized spacial score (nSPS) is 19.3. The molecule has 2 fully saturated rings. The number of hydrogen-bond donors (Lipinski definition) is 0. The van der Waals surface area contributed by atoms with Crippen LogP contribution in [0.4, 0.5) is 11.6 Å². The Balaban J connectivity index is 1.29. The highest BCUT2D eigenvalue weighted by atomic mass is 32.2. The minimum absolute atomic E-state index is 0.228. The lowest BCUT2D eigenvalue weighted by Gasteiger charge is -2.36. The van der Waals surface area contributed by atoms with Crippen molar-refractivity contribution in [2.24, 2.45) is 0 Å². The van der Waals surface area contributed by atoms with Gasteiger partial charge in [-0.05, 0) is 19.2 Å². The Kier molecular flexibility index (Phi) is 5.46. The summed E-state index contributed by atoms with van der Waals surface area (Å²) < 4.78 is 36.4. The van der Waals surface area contributed by atoms with Crippen LogP contribution in [0.2, 0.25) is 0 Å². The Bertz CT molecular complexity index is 1170. The Morgan fingerprint density at radius 2 is 1.52 bits per heavy atom. The molecule has 10 nitrogen and oxygen atoms in total. The number of fused-ring (bicyclic) bond motifs is 1. The van der Waals surface area contributed by atoms with Crippen LogP contribution in [-0.4, -0.2) is 95.7 Å². The minimum Gasteiger partial charge on any atom is -0.354 e. The second-order valence-electron chi connectivity index (χ2n) is 7.80. The van der Waals surface area contributed by atoms with Crippen LogP contribution in [0.1, 0.15) is 0 Å². The largest absolute Gasteiger partial charge is 0.354 e. The number of aromatic nitrogens is 4. The van der Waals surface area contributed by atoms with E-state index in [9.17, 15) is 8.42 Å². The monoisotopic (exact) mass is 460 g/mol. The molecule has 0 N–H and O–H groups in total. The molecule has 0 spiro atoms. The van der Waals surface area contributed by atoms with Crippen molar-refractivity contribution in [2.75, 3.05) is 69.2 Å². The molecule has 31 heavy (non-hydrogen) atoms. The number of benzene rings is 1. The molecule has 2 aromatic heterocycles. The molecule has 3 aromatic rings. The predicted octanol–water partition coefficient (Wildman–Crippen LogP) is 0.744. The van der Waals surface area contributed by atoms with E-state index in [1.807, 2.05) is 6.07 Å². The zero-order valence-electron chi connectivity index (χ0n) is 17.3. The Morgan fingerprint density at radius 1 is 0.871 bits per heavy atom. The molecule has 0 amide bonds. The van der Waals surface area contributed by atoms with Gasteiger partial charge in [-0.2, -0.15) is 13.1 Å². The van der Waals surface area contributed by atoms with Gasteiger partial charge in [-0.3, -0.25) is 0 Å². The summed E-state index contributed by atoms with van der Waals surface area (Å²) in [4.78, 5) is 15.8. The molecule has 0 bridgehead atoms. The molecule has 1 aromatic carbocycles. The van der Waals surface area contributed by atoms with E-state index in [2.05, 4.69) is 40.5 Å².